The highest BCUT2D eigenvalue weighted by Gasteiger charge is 2.33. The molecule has 0 aliphatic carbocycles. The largest absolute Gasteiger partial charge is 0.468 e. The molecule has 0 saturated carbocycles. The molecule has 0 radical (unpaired) electrons. The number of carbonyl (C=O) groups is 1. The van der Waals surface area contributed by atoms with Crippen LogP contribution in [0.15, 0.2) is 0 Å². The van der Waals surface area contributed by atoms with Crippen LogP contribution in [0.1, 0.15) is 46.5 Å². The zero-order valence-electron chi connectivity index (χ0n) is 13.7. The molecule has 0 aliphatic heterocycles. The van der Waals surface area contributed by atoms with E-state index in [0.717, 1.165) is 43.8 Å². The average Bonchev–Trinajstić information content (AvgIpc) is 2.40. The van der Waals surface area contributed by atoms with Crippen molar-refractivity contribution in [3.63, 3.8) is 0 Å². The fourth-order valence-electron chi connectivity index (χ4n) is 2.19. The first-order chi connectivity index (χ1) is 9.46. The Labute approximate surface area is 128 Å². The molecule has 0 amide bonds. The van der Waals surface area contributed by atoms with Crippen molar-refractivity contribution < 1.29 is 14.3 Å². The standard InChI is InChI=1S/C15H31NO3S/c1-13(2)16-15(3,14(17)19-5)9-6-7-11-20-12-8-10-18-4/h13,16H,6-12H2,1-5H3. The lowest BCUT2D eigenvalue weighted by atomic mass is 9.94. The molecule has 0 spiro atoms. The molecule has 4 nitrogen and oxygen atoms in total. The first-order valence-electron chi connectivity index (χ1n) is 7.39. The minimum absolute atomic E-state index is 0.168. The Balaban J connectivity index is 3.88. The van der Waals surface area contributed by atoms with Gasteiger partial charge in [0.25, 0.3) is 0 Å². The van der Waals surface area contributed by atoms with Crippen LogP contribution >= 0.6 is 11.8 Å². The van der Waals surface area contributed by atoms with Crippen molar-refractivity contribution >= 4 is 17.7 Å². The molecular formula is C15H31NO3S. The van der Waals surface area contributed by atoms with Crippen molar-refractivity contribution in [1.82, 2.24) is 5.32 Å². The minimum atomic E-state index is -0.566. The Morgan fingerprint density at radius 3 is 2.40 bits per heavy atom. The lowest BCUT2D eigenvalue weighted by Crippen LogP contribution is -2.52. The summed E-state index contributed by atoms with van der Waals surface area (Å²) in [5.74, 6) is 2.12. The van der Waals surface area contributed by atoms with Crippen LogP contribution in [0.3, 0.4) is 0 Å². The fraction of sp³-hybridized carbons (Fsp3) is 0.933. The summed E-state index contributed by atoms with van der Waals surface area (Å²) in [6, 6.07) is 0.266. The summed E-state index contributed by atoms with van der Waals surface area (Å²) < 4.78 is 9.94. The summed E-state index contributed by atoms with van der Waals surface area (Å²) in [5, 5.41) is 3.33. The van der Waals surface area contributed by atoms with Crippen LogP contribution in [0.2, 0.25) is 0 Å². The third-order valence-corrected chi connectivity index (χ3v) is 4.25. The van der Waals surface area contributed by atoms with Crippen molar-refractivity contribution in [3.8, 4) is 0 Å². The van der Waals surface area contributed by atoms with Crippen molar-refractivity contribution in [2.24, 2.45) is 0 Å². The summed E-state index contributed by atoms with van der Waals surface area (Å²) >= 11 is 1.96. The van der Waals surface area contributed by atoms with Crippen LogP contribution < -0.4 is 5.32 Å². The van der Waals surface area contributed by atoms with E-state index < -0.39 is 5.54 Å². The second-order valence-electron chi connectivity index (χ2n) is 5.54. The van der Waals surface area contributed by atoms with E-state index in [1.165, 1.54) is 7.11 Å². The topological polar surface area (TPSA) is 47.6 Å². The Kier molecular flexibility index (Phi) is 11.3. The normalized spacial score (nSPS) is 14.3. The zero-order chi connectivity index (χ0) is 15.4. The number of esters is 1. The van der Waals surface area contributed by atoms with Gasteiger partial charge in [-0.25, -0.2) is 0 Å². The number of hydrogen-bond acceptors (Lipinski definition) is 5. The van der Waals surface area contributed by atoms with E-state index in [1.807, 2.05) is 32.5 Å². The smallest absolute Gasteiger partial charge is 0.325 e. The number of unbranched alkanes of at least 4 members (excludes halogenated alkanes) is 1. The van der Waals surface area contributed by atoms with Gasteiger partial charge in [0.15, 0.2) is 0 Å². The van der Waals surface area contributed by atoms with Gasteiger partial charge in [-0.3, -0.25) is 10.1 Å². The lowest BCUT2D eigenvalue weighted by molar-refractivity contribution is -0.148. The van der Waals surface area contributed by atoms with Gasteiger partial charge in [-0.1, -0.05) is 6.42 Å². The van der Waals surface area contributed by atoms with Gasteiger partial charge in [-0.2, -0.15) is 11.8 Å². The van der Waals surface area contributed by atoms with Crippen molar-refractivity contribution in [2.75, 3.05) is 32.3 Å². The summed E-state index contributed by atoms with van der Waals surface area (Å²) in [5.41, 5.74) is -0.566. The third kappa shape index (κ3) is 8.82. The summed E-state index contributed by atoms with van der Waals surface area (Å²) in [6.45, 7) is 6.87. The quantitative estimate of drug-likeness (QED) is 0.444. The van der Waals surface area contributed by atoms with Gasteiger partial charge in [0.2, 0.25) is 0 Å². The maximum atomic E-state index is 11.9. The number of nitrogens with one attached hydrogen (secondary N) is 1. The molecule has 5 heteroatoms. The molecule has 0 bridgehead atoms. The summed E-state index contributed by atoms with van der Waals surface area (Å²) in [6.07, 6.45) is 4.08. The lowest BCUT2D eigenvalue weighted by Gasteiger charge is -2.30. The van der Waals surface area contributed by atoms with E-state index in [1.54, 1.807) is 7.11 Å². The average molecular weight is 305 g/mol. The maximum absolute atomic E-state index is 11.9. The van der Waals surface area contributed by atoms with E-state index in [2.05, 4.69) is 5.32 Å². The number of thioether (sulfide) groups is 1. The van der Waals surface area contributed by atoms with Crippen LogP contribution in [0.4, 0.5) is 0 Å². The number of ether oxygens (including phenoxy) is 2. The van der Waals surface area contributed by atoms with Gasteiger partial charge >= 0.3 is 5.97 Å². The Hall–Kier alpha value is -0.260. The van der Waals surface area contributed by atoms with Crippen molar-refractivity contribution in [2.45, 2.75) is 58.0 Å². The van der Waals surface area contributed by atoms with E-state index in [-0.39, 0.29) is 12.0 Å². The van der Waals surface area contributed by atoms with E-state index in [9.17, 15) is 4.79 Å². The molecular weight excluding hydrogens is 274 g/mol. The molecule has 0 heterocycles. The van der Waals surface area contributed by atoms with Crippen LogP contribution in [0, 0.1) is 0 Å². The highest BCUT2D eigenvalue weighted by atomic mass is 32.2. The molecule has 0 saturated heterocycles. The Morgan fingerprint density at radius 2 is 1.85 bits per heavy atom. The zero-order valence-corrected chi connectivity index (χ0v) is 14.5. The molecule has 0 aliphatic rings. The van der Waals surface area contributed by atoms with Crippen LogP contribution in [-0.2, 0) is 14.3 Å². The fourth-order valence-corrected chi connectivity index (χ4v) is 3.12. The van der Waals surface area contributed by atoms with Gasteiger partial charge in [-0.05, 0) is 51.5 Å². The molecule has 0 aromatic rings. The monoisotopic (exact) mass is 305 g/mol. The SMILES string of the molecule is COCCCSCCCCC(C)(NC(C)C)C(=O)OC. The van der Waals surface area contributed by atoms with Crippen molar-refractivity contribution in [1.29, 1.82) is 0 Å². The predicted molar refractivity (Wildman–Crippen MR) is 86.4 cm³/mol. The van der Waals surface area contributed by atoms with Gasteiger partial charge in [0.05, 0.1) is 7.11 Å². The summed E-state index contributed by atoms with van der Waals surface area (Å²) in [4.78, 5) is 11.9. The number of methoxy groups -OCH3 is 2. The maximum Gasteiger partial charge on any atom is 0.325 e. The highest BCUT2D eigenvalue weighted by molar-refractivity contribution is 7.99. The Morgan fingerprint density at radius 1 is 1.20 bits per heavy atom. The molecule has 0 fully saturated rings. The van der Waals surface area contributed by atoms with E-state index in [4.69, 9.17) is 9.47 Å². The second-order valence-corrected chi connectivity index (χ2v) is 6.76. The first-order valence-corrected chi connectivity index (χ1v) is 8.54. The first kappa shape index (κ1) is 19.7. The Bertz CT molecular complexity index is 262. The van der Waals surface area contributed by atoms with Crippen LogP contribution in [0.25, 0.3) is 0 Å². The predicted octanol–water partition coefficient (Wildman–Crippen LogP) is 2.86. The molecule has 0 rings (SSSR count). The van der Waals surface area contributed by atoms with Crippen LogP contribution in [0.5, 0.6) is 0 Å². The summed E-state index contributed by atoms with van der Waals surface area (Å²) in [7, 11) is 3.19. The van der Waals surface area contributed by atoms with Gasteiger partial charge in [0, 0.05) is 19.8 Å². The number of rotatable bonds is 12. The molecule has 1 N–H and O–H groups in total. The molecule has 1 unspecified atom stereocenters. The third-order valence-electron chi connectivity index (χ3n) is 3.10. The van der Waals surface area contributed by atoms with Gasteiger partial charge in [-0.15, -0.1) is 0 Å². The minimum Gasteiger partial charge on any atom is -0.468 e. The molecule has 0 aromatic carbocycles. The van der Waals surface area contributed by atoms with Gasteiger partial charge < -0.3 is 9.47 Å². The molecule has 20 heavy (non-hydrogen) atoms. The van der Waals surface area contributed by atoms with E-state index >= 15 is 0 Å². The van der Waals surface area contributed by atoms with Gasteiger partial charge in [0.1, 0.15) is 5.54 Å². The van der Waals surface area contributed by atoms with Crippen LogP contribution in [-0.4, -0.2) is 49.9 Å². The molecule has 0 aromatic heterocycles. The highest BCUT2D eigenvalue weighted by Crippen LogP contribution is 2.18. The van der Waals surface area contributed by atoms with Crippen molar-refractivity contribution in [3.05, 3.63) is 0 Å². The number of hydrogen-bond donors (Lipinski definition) is 1. The van der Waals surface area contributed by atoms with E-state index in [0.29, 0.717) is 0 Å². The molecule has 120 valence electrons. The second kappa shape index (κ2) is 11.4. The number of carbonyl (C=O) groups excluding carboxylic acids is 1. The molecule has 1 atom stereocenters.